The average Bonchev–Trinajstić information content (AvgIpc) is 2.43. The lowest BCUT2D eigenvalue weighted by Gasteiger charge is -2.50. The Labute approximate surface area is 140 Å². The highest BCUT2D eigenvalue weighted by Crippen LogP contribution is 2.54. The predicted octanol–water partition coefficient (Wildman–Crippen LogP) is 1.82. The van der Waals surface area contributed by atoms with Gasteiger partial charge >= 0.3 is 17.9 Å². The molecule has 0 aromatic carbocycles. The molecule has 25 heavy (non-hydrogen) atoms. The number of hydrogen-bond donors (Lipinski definition) is 1. The van der Waals surface area contributed by atoms with E-state index in [0.29, 0.717) is 11.3 Å². The second kappa shape index (κ2) is 5.55. The van der Waals surface area contributed by atoms with E-state index in [1.807, 2.05) is 0 Å². The molecule has 2 bridgehead atoms. The lowest BCUT2D eigenvalue weighted by molar-refractivity contribution is -0.474. The van der Waals surface area contributed by atoms with Gasteiger partial charge in [0.1, 0.15) is 0 Å². The van der Waals surface area contributed by atoms with Gasteiger partial charge in [-0.1, -0.05) is 0 Å². The maximum Gasteiger partial charge on any atom is 0.455 e. The van der Waals surface area contributed by atoms with Gasteiger partial charge in [-0.05, 0) is 32.4 Å². The van der Waals surface area contributed by atoms with Crippen molar-refractivity contribution in [1.82, 2.24) is 4.98 Å². The molecular weight excluding hydrogens is 347 g/mol. The number of carbonyl (C=O) groups excluding carboxylic acids is 1. The maximum atomic E-state index is 13.7. The molecule has 0 spiro atoms. The Morgan fingerprint density at radius 1 is 1.44 bits per heavy atom. The molecule has 0 saturated carbocycles. The number of carbonyl (C=O) groups is 1. The van der Waals surface area contributed by atoms with Gasteiger partial charge in [0.15, 0.2) is 0 Å². The van der Waals surface area contributed by atoms with E-state index in [0.717, 1.165) is 0 Å². The van der Waals surface area contributed by atoms with Gasteiger partial charge in [0.25, 0.3) is 6.29 Å². The van der Waals surface area contributed by atoms with Crippen LogP contribution in [0.25, 0.3) is 0 Å². The maximum absolute atomic E-state index is 13.7. The molecule has 3 heterocycles. The summed E-state index contributed by atoms with van der Waals surface area (Å²) >= 11 is 0. The second-order valence-corrected chi connectivity index (χ2v) is 5.89. The molecule has 0 radical (unpaired) electrons. The summed E-state index contributed by atoms with van der Waals surface area (Å²) in [5.74, 6) is -7.40. The van der Waals surface area contributed by atoms with E-state index in [1.54, 1.807) is 19.9 Å². The van der Waals surface area contributed by atoms with Gasteiger partial charge in [0.05, 0.1) is 18.6 Å². The summed E-state index contributed by atoms with van der Waals surface area (Å²) in [5.41, 5.74) is 0.722. The van der Waals surface area contributed by atoms with Crippen LogP contribution in [-0.4, -0.2) is 40.9 Å². The number of rotatable bonds is 2. The summed E-state index contributed by atoms with van der Waals surface area (Å²) in [5, 5.41) is 10.8. The third kappa shape index (κ3) is 2.74. The van der Waals surface area contributed by atoms with Crippen molar-refractivity contribution < 1.29 is 42.0 Å². The van der Waals surface area contributed by atoms with Crippen LogP contribution in [-0.2, 0) is 24.8 Å². The van der Waals surface area contributed by atoms with Crippen molar-refractivity contribution >= 4 is 5.97 Å². The monoisotopic (exact) mass is 363 g/mol. The van der Waals surface area contributed by atoms with E-state index < -0.39 is 42.3 Å². The summed E-state index contributed by atoms with van der Waals surface area (Å²) in [6.07, 6.45) is -8.26. The summed E-state index contributed by atoms with van der Waals surface area (Å²) in [6, 6.07) is 1.55. The van der Waals surface area contributed by atoms with E-state index in [2.05, 4.69) is 9.72 Å². The molecule has 0 aliphatic carbocycles. The van der Waals surface area contributed by atoms with Crippen molar-refractivity contribution in [3.8, 4) is 5.88 Å². The quantitative estimate of drug-likeness (QED) is 0.802. The minimum atomic E-state index is -5.06. The van der Waals surface area contributed by atoms with Crippen LogP contribution in [0.5, 0.6) is 5.88 Å². The number of halogens is 3. The van der Waals surface area contributed by atoms with E-state index in [9.17, 15) is 23.1 Å². The number of aromatic nitrogens is 1. The van der Waals surface area contributed by atoms with Gasteiger partial charge in [0, 0.05) is 5.69 Å². The first-order valence-electron chi connectivity index (χ1n) is 7.50. The van der Waals surface area contributed by atoms with Crippen LogP contribution in [0.1, 0.15) is 30.2 Å². The molecule has 0 amide bonds. The molecule has 2 aliphatic heterocycles. The minimum Gasteiger partial charge on any atom is -0.462 e. The highest BCUT2D eigenvalue weighted by molar-refractivity contribution is 5.73. The molecule has 7 nitrogen and oxygen atoms in total. The number of nitrogens with zero attached hydrogens (tertiary/aromatic N) is 1. The Hall–Kier alpha value is -1.91. The molecule has 1 saturated heterocycles. The molecule has 1 aromatic heterocycles. The molecule has 3 rings (SSSR count). The largest absolute Gasteiger partial charge is 0.462 e. The zero-order chi connectivity index (χ0) is 18.6. The highest BCUT2D eigenvalue weighted by Gasteiger charge is 2.71. The average molecular weight is 363 g/mol. The number of pyridine rings is 1. The van der Waals surface area contributed by atoms with Crippen molar-refractivity contribution in [3.05, 3.63) is 22.9 Å². The second-order valence-electron chi connectivity index (χ2n) is 5.89. The van der Waals surface area contributed by atoms with Crippen LogP contribution in [0.2, 0.25) is 0 Å². The Bertz CT molecular complexity index is 724. The first-order chi connectivity index (χ1) is 11.5. The molecule has 10 heteroatoms. The first-order valence-corrected chi connectivity index (χ1v) is 7.50. The fourth-order valence-corrected chi connectivity index (χ4v) is 3.02. The number of alkyl halides is 3. The van der Waals surface area contributed by atoms with E-state index in [-0.39, 0.29) is 12.2 Å². The molecule has 1 fully saturated rings. The Morgan fingerprint density at radius 2 is 2.12 bits per heavy atom. The standard InChI is InChI=1S/C15H16F3NO6/c1-4-22-11(20)12-24-13(21)6-14(25-12,15(16,17)18)23-10-9(13)7(2)5-8(3)19-10/h5,12,21H,4,6H2,1-3H3/t12-,13+,14-/m1/s1. The molecule has 3 atom stereocenters. The summed E-state index contributed by atoms with van der Waals surface area (Å²) in [4.78, 5) is 15.8. The molecular formula is C15H16F3NO6. The minimum absolute atomic E-state index is 0.0735. The Morgan fingerprint density at radius 3 is 2.72 bits per heavy atom. The van der Waals surface area contributed by atoms with Crippen molar-refractivity contribution in [3.63, 3.8) is 0 Å². The normalized spacial score (nSPS) is 31.1. The van der Waals surface area contributed by atoms with Crippen LogP contribution in [0.15, 0.2) is 6.07 Å². The van der Waals surface area contributed by atoms with E-state index in [1.165, 1.54) is 6.92 Å². The number of fused-ring (bicyclic) bond motifs is 4. The third-order valence-electron chi connectivity index (χ3n) is 3.95. The fourth-order valence-electron chi connectivity index (χ4n) is 3.02. The first kappa shape index (κ1) is 17.9. The van der Waals surface area contributed by atoms with Crippen molar-refractivity contribution in [2.45, 2.75) is 51.2 Å². The van der Waals surface area contributed by atoms with Crippen molar-refractivity contribution in [1.29, 1.82) is 0 Å². The summed E-state index contributed by atoms with van der Waals surface area (Å²) < 4.78 is 60.7. The Kier molecular flexibility index (Phi) is 3.97. The number of hydrogen-bond acceptors (Lipinski definition) is 7. The van der Waals surface area contributed by atoms with Gasteiger partial charge in [-0.2, -0.15) is 13.2 Å². The molecule has 1 N–H and O–H groups in total. The lowest BCUT2D eigenvalue weighted by Crippen LogP contribution is -2.66. The number of ether oxygens (including phenoxy) is 4. The summed E-state index contributed by atoms with van der Waals surface area (Å²) in [6.45, 7) is 4.50. The molecule has 0 unspecified atom stereocenters. The molecule has 1 aromatic rings. The number of aliphatic hydroxyl groups is 1. The van der Waals surface area contributed by atoms with Crippen LogP contribution < -0.4 is 4.74 Å². The topological polar surface area (TPSA) is 87.1 Å². The van der Waals surface area contributed by atoms with E-state index in [4.69, 9.17) is 14.2 Å². The van der Waals surface area contributed by atoms with E-state index >= 15 is 0 Å². The van der Waals surface area contributed by atoms with Crippen molar-refractivity contribution in [2.75, 3.05) is 6.61 Å². The Balaban J connectivity index is 2.16. The van der Waals surface area contributed by atoms with Crippen LogP contribution in [0, 0.1) is 13.8 Å². The van der Waals surface area contributed by atoms with Gasteiger partial charge < -0.3 is 19.3 Å². The predicted molar refractivity (Wildman–Crippen MR) is 74.2 cm³/mol. The fraction of sp³-hybridized carbons (Fsp3) is 0.600. The van der Waals surface area contributed by atoms with Crippen LogP contribution >= 0.6 is 0 Å². The summed E-state index contributed by atoms with van der Waals surface area (Å²) in [7, 11) is 0. The SMILES string of the molecule is CCOC(=O)[C@H]1O[C@@]2(C(F)(F)F)C[C@](O)(O1)c1c(C)cc(C)nc1O2. The van der Waals surface area contributed by atoms with Gasteiger partial charge in [-0.3, -0.25) is 4.74 Å². The highest BCUT2D eigenvalue weighted by atomic mass is 19.4. The van der Waals surface area contributed by atoms with Gasteiger partial charge in [-0.15, -0.1) is 0 Å². The van der Waals surface area contributed by atoms with Gasteiger partial charge in [0.2, 0.25) is 11.7 Å². The smallest absolute Gasteiger partial charge is 0.455 e. The lowest BCUT2D eigenvalue weighted by atomic mass is 9.90. The molecule has 2 aliphatic rings. The zero-order valence-corrected chi connectivity index (χ0v) is 13.6. The number of aryl methyl sites for hydroxylation is 2. The van der Waals surface area contributed by atoms with Crippen LogP contribution in [0.3, 0.4) is 0 Å². The van der Waals surface area contributed by atoms with Crippen LogP contribution in [0.4, 0.5) is 13.2 Å². The zero-order valence-electron chi connectivity index (χ0n) is 13.6. The number of esters is 1. The third-order valence-corrected chi connectivity index (χ3v) is 3.95. The molecule has 138 valence electrons. The van der Waals surface area contributed by atoms with Gasteiger partial charge in [-0.25, -0.2) is 9.78 Å². The van der Waals surface area contributed by atoms with Crippen molar-refractivity contribution in [2.24, 2.45) is 0 Å².